The molecule has 17 heavy (non-hydrogen) atoms. The Bertz CT molecular complexity index is 391. The molecule has 5 nitrogen and oxygen atoms in total. The Morgan fingerprint density at radius 3 is 2.71 bits per heavy atom. The maximum Gasteiger partial charge on any atom is 0.216 e. The Morgan fingerprint density at radius 1 is 1.41 bits per heavy atom. The summed E-state index contributed by atoms with van der Waals surface area (Å²) in [7, 11) is 5.72. The maximum atomic E-state index is 6.27. The molecular formula is C12H22N4O. The van der Waals surface area contributed by atoms with Crippen molar-refractivity contribution in [1.29, 1.82) is 0 Å². The zero-order chi connectivity index (χ0) is 12.6. The van der Waals surface area contributed by atoms with E-state index in [-0.39, 0.29) is 12.1 Å². The van der Waals surface area contributed by atoms with E-state index in [4.69, 9.17) is 10.5 Å². The van der Waals surface area contributed by atoms with Gasteiger partial charge in [-0.1, -0.05) is 0 Å². The fourth-order valence-corrected chi connectivity index (χ4v) is 2.87. The largest absolute Gasteiger partial charge is 0.481 e. The predicted octanol–water partition coefficient (Wildman–Crippen LogP) is 0.831. The number of nitrogens with zero attached hydrogens (tertiary/aromatic N) is 3. The molecule has 0 aliphatic carbocycles. The van der Waals surface area contributed by atoms with Gasteiger partial charge < -0.3 is 10.5 Å². The van der Waals surface area contributed by atoms with E-state index >= 15 is 0 Å². The monoisotopic (exact) mass is 238 g/mol. The van der Waals surface area contributed by atoms with Gasteiger partial charge in [0.05, 0.1) is 24.4 Å². The molecule has 0 bridgehead atoms. The molecule has 1 fully saturated rings. The quantitative estimate of drug-likeness (QED) is 0.829. The molecule has 0 amide bonds. The summed E-state index contributed by atoms with van der Waals surface area (Å²) in [6, 6.07) is 0.373. The van der Waals surface area contributed by atoms with Crippen molar-refractivity contribution in [3.8, 4) is 5.88 Å². The number of piperidine rings is 1. The molecule has 2 N–H and O–H groups in total. The minimum Gasteiger partial charge on any atom is -0.481 e. The Balaban J connectivity index is 2.44. The highest BCUT2D eigenvalue weighted by molar-refractivity contribution is 5.35. The Labute approximate surface area is 103 Å². The highest BCUT2D eigenvalue weighted by atomic mass is 16.5. The Hall–Kier alpha value is -1.07. The van der Waals surface area contributed by atoms with Crippen LogP contribution in [0.5, 0.6) is 5.88 Å². The van der Waals surface area contributed by atoms with Gasteiger partial charge in [-0.2, -0.15) is 5.10 Å². The van der Waals surface area contributed by atoms with Gasteiger partial charge in [0.1, 0.15) is 0 Å². The predicted molar refractivity (Wildman–Crippen MR) is 67.1 cm³/mol. The normalized spacial score (nSPS) is 26.2. The average Bonchev–Trinajstić information content (AvgIpc) is 2.53. The molecule has 2 unspecified atom stereocenters. The van der Waals surface area contributed by atoms with Gasteiger partial charge in [0.15, 0.2) is 0 Å². The molecule has 0 spiro atoms. The summed E-state index contributed by atoms with van der Waals surface area (Å²) in [5.41, 5.74) is 8.42. The SMILES string of the molecule is COc1c(C2C(N)CCCN2C)c(C)nn1C. The molecule has 1 aliphatic rings. The van der Waals surface area contributed by atoms with E-state index in [1.54, 1.807) is 11.8 Å². The summed E-state index contributed by atoms with van der Waals surface area (Å²) in [6.07, 6.45) is 2.22. The smallest absolute Gasteiger partial charge is 0.216 e. The van der Waals surface area contributed by atoms with Crippen molar-refractivity contribution in [2.45, 2.75) is 31.8 Å². The first kappa shape index (κ1) is 12.4. The van der Waals surface area contributed by atoms with E-state index in [0.717, 1.165) is 36.5 Å². The lowest BCUT2D eigenvalue weighted by molar-refractivity contribution is 0.158. The first-order chi connectivity index (χ1) is 8.06. The summed E-state index contributed by atoms with van der Waals surface area (Å²) in [4.78, 5) is 2.31. The van der Waals surface area contributed by atoms with Gasteiger partial charge in [-0.3, -0.25) is 4.90 Å². The third kappa shape index (κ3) is 2.05. The number of likely N-dealkylation sites (N-methyl/N-ethyl adjacent to an activating group) is 1. The molecule has 0 saturated carbocycles. The number of methoxy groups -OCH3 is 1. The zero-order valence-corrected chi connectivity index (χ0v) is 11.1. The second-order valence-electron chi connectivity index (χ2n) is 4.86. The van der Waals surface area contributed by atoms with Crippen LogP contribution in [-0.2, 0) is 7.05 Å². The van der Waals surface area contributed by atoms with Gasteiger partial charge in [0, 0.05) is 13.1 Å². The van der Waals surface area contributed by atoms with Gasteiger partial charge in [0.25, 0.3) is 0 Å². The summed E-state index contributed by atoms with van der Waals surface area (Å²) in [6.45, 7) is 3.10. The van der Waals surface area contributed by atoms with Gasteiger partial charge in [-0.15, -0.1) is 0 Å². The number of nitrogens with two attached hydrogens (primary N) is 1. The Kier molecular flexibility index (Phi) is 3.40. The van der Waals surface area contributed by atoms with Gasteiger partial charge in [-0.05, 0) is 33.4 Å². The van der Waals surface area contributed by atoms with Crippen LogP contribution in [-0.4, -0.2) is 41.4 Å². The Morgan fingerprint density at radius 2 is 2.12 bits per heavy atom. The van der Waals surface area contributed by atoms with E-state index in [2.05, 4.69) is 17.0 Å². The lowest BCUT2D eigenvalue weighted by atomic mass is 9.91. The van der Waals surface area contributed by atoms with Crippen molar-refractivity contribution in [3.05, 3.63) is 11.3 Å². The van der Waals surface area contributed by atoms with Crippen molar-refractivity contribution in [2.24, 2.45) is 12.8 Å². The van der Waals surface area contributed by atoms with Crippen molar-refractivity contribution in [2.75, 3.05) is 20.7 Å². The van der Waals surface area contributed by atoms with Crippen LogP contribution in [0.2, 0.25) is 0 Å². The molecule has 1 aromatic rings. The molecule has 2 heterocycles. The molecule has 5 heteroatoms. The van der Waals surface area contributed by atoms with E-state index in [1.165, 1.54) is 0 Å². The average molecular weight is 238 g/mol. The van der Waals surface area contributed by atoms with Crippen LogP contribution in [0.3, 0.4) is 0 Å². The van der Waals surface area contributed by atoms with Crippen LogP contribution in [0.4, 0.5) is 0 Å². The molecule has 2 atom stereocenters. The van der Waals surface area contributed by atoms with Crippen LogP contribution < -0.4 is 10.5 Å². The van der Waals surface area contributed by atoms with Crippen molar-refractivity contribution in [1.82, 2.24) is 14.7 Å². The number of hydrogen-bond acceptors (Lipinski definition) is 4. The van der Waals surface area contributed by atoms with Crippen LogP contribution in [0.1, 0.15) is 30.1 Å². The molecule has 1 saturated heterocycles. The molecule has 96 valence electrons. The lowest BCUT2D eigenvalue weighted by Gasteiger charge is -2.37. The maximum absolute atomic E-state index is 6.27. The standard InChI is InChI=1S/C12H22N4O/c1-8-10(12(17-4)16(3)14-8)11-9(13)6-5-7-15(11)2/h9,11H,5-7,13H2,1-4H3. The molecule has 1 aliphatic heterocycles. The second kappa shape index (κ2) is 4.66. The van der Waals surface area contributed by atoms with Crippen LogP contribution in [0, 0.1) is 6.92 Å². The minimum atomic E-state index is 0.158. The second-order valence-corrected chi connectivity index (χ2v) is 4.86. The van der Waals surface area contributed by atoms with Gasteiger partial charge in [0.2, 0.25) is 5.88 Å². The first-order valence-electron chi connectivity index (χ1n) is 6.09. The fraction of sp³-hybridized carbons (Fsp3) is 0.750. The third-order valence-corrected chi connectivity index (χ3v) is 3.63. The van der Waals surface area contributed by atoms with E-state index < -0.39 is 0 Å². The number of aromatic nitrogens is 2. The van der Waals surface area contributed by atoms with Crippen LogP contribution in [0.25, 0.3) is 0 Å². The minimum absolute atomic E-state index is 0.158. The topological polar surface area (TPSA) is 56.3 Å². The summed E-state index contributed by atoms with van der Waals surface area (Å²) < 4.78 is 7.26. The van der Waals surface area contributed by atoms with Crippen molar-refractivity contribution in [3.63, 3.8) is 0 Å². The fourth-order valence-electron chi connectivity index (χ4n) is 2.87. The molecular weight excluding hydrogens is 216 g/mol. The highest BCUT2D eigenvalue weighted by Gasteiger charge is 2.33. The number of aryl methyl sites for hydroxylation is 2. The van der Waals surface area contributed by atoms with Crippen LogP contribution in [0.15, 0.2) is 0 Å². The molecule has 0 radical (unpaired) electrons. The molecule has 1 aromatic heterocycles. The van der Waals surface area contributed by atoms with Crippen molar-refractivity contribution >= 4 is 0 Å². The van der Waals surface area contributed by atoms with Gasteiger partial charge in [-0.25, -0.2) is 4.68 Å². The van der Waals surface area contributed by atoms with E-state index in [9.17, 15) is 0 Å². The zero-order valence-electron chi connectivity index (χ0n) is 11.1. The number of ether oxygens (including phenoxy) is 1. The molecule has 2 rings (SSSR count). The number of hydrogen-bond donors (Lipinski definition) is 1. The van der Waals surface area contributed by atoms with Crippen molar-refractivity contribution < 1.29 is 4.74 Å². The van der Waals surface area contributed by atoms with E-state index in [1.807, 2.05) is 14.0 Å². The van der Waals surface area contributed by atoms with E-state index in [0.29, 0.717) is 0 Å². The van der Waals surface area contributed by atoms with Gasteiger partial charge >= 0.3 is 0 Å². The molecule has 0 aromatic carbocycles. The summed E-state index contributed by atoms with van der Waals surface area (Å²) >= 11 is 0. The third-order valence-electron chi connectivity index (χ3n) is 3.63. The summed E-state index contributed by atoms with van der Waals surface area (Å²) in [5.74, 6) is 0.830. The number of likely N-dealkylation sites (tertiary alicyclic amines) is 1. The summed E-state index contributed by atoms with van der Waals surface area (Å²) in [5, 5.41) is 4.44. The number of rotatable bonds is 2. The highest BCUT2D eigenvalue weighted by Crippen LogP contribution is 2.36. The van der Waals surface area contributed by atoms with Crippen LogP contribution >= 0.6 is 0 Å². The first-order valence-corrected chi connectivity index (χ1v) is 6.09. The lowest BCUT2D eigenvalue weighted by Crippen LogP contribution is -2.44.